The summed E-state index contributed by atoms with van der Waals surface area (Å²) in [5.41, 5.74) is 0.557. The molecule has 2 aromatic rings. The van der Waals surface area contributed by atoms with Crippen LogP contribution in [0.2, 0.25) is 0 Å². The molecule has 1 aromatic carbocycles. The average molecular weight is 460 g/mol. The second kappa shape index (κ2) is 11.5. The van der Waals surface area contributed by atoms with E-state index in [0.717, 1.165) is 18.6 Å². The molecule has 1 aliphatic heterocycles. The Balaban J connectivity index is 1.46. The first-order chi connectivity index (χ1) is 15.9. The van der Waals surface area contributed by atoms with E-state index in [4.69, 9.17) is 18.6 Å². The van der Waals surface area contributed by atoms with Crippen LogP contribution in [0.5, 0.6) is 17.2 Å². The molecule has 1 saturated heterocycles. The maximum atomic E-state index is 12.8. The van der Waals surface area contributed by atoms with Crippen molar-refractivity contribution in [3.8, 4) is 17.2 Å². The van der Waals surface area contributed by atoms with Gasteiger partial charge in [-0.1, -0.05) is 0 Å². The van der Waals surface area contributed by atoms with Gasteiger partial charge in [0.2, 0.25) is 11.7 Å². The molecule has 1 aliphatic rings. The molecule has 0 spiro atoms. The van der Waals surface area contributed by atoms with Gasteiger partial charge in [0.1, 0.15) is 5.76 Å². The zero-order valence-corrected chi connectivity index (χ0v) is 19.7. The lowest BCUT2D eigenvalue weighted by molar-refractivity contribution is -0.122. The van der Waals surface area contributed by atoms with Crippen molar-refractivity contribution < 1.29 is 28.2 Å². The monoisotopic (exact) mass is 459 g/mol. The van der Waals surface area contributed by atoms with E-state index >= 15 is 0 Å². The first kappa shape index (κ1) is 24.3. The highest BCUT2D eigenvalue weighted by Gasteiger charge is 2.25. The molecule has 33 heavy (non-hydrogen) atoms. The van der Waals surface area contributed by atoms with Gasteiger partial charge >= 0.3 is 6.03 Å². The normalized spacial score (nSPS) is 15.0. The van der Waals surface area contributed by atoms with E-state index in [0.29, 0.717) is 48.9 Å². The topological polar surface area (TPSA) is 102 Å². The molecule has 9 nitrogen and oxygen atoms in total. The van der Waals surface area contributed by atoms with Crippen molar-refractivity contribution in [2.45, 2.75) is 38.6 Å². The van der Waals surface area contributed by atoms with Gasteiger partial charge in [-0.05, 0) is 37.8 Å². The Labute approximate surface area is 194 Å². The van der Waals surface area contributed by atoms with Crippen LogP contribution >= 0.6 is 0 Å². The van der Waals surface area contributed by atoms with E-state index in [9.17, 15) is 9.59 Å². The van der Waals surface area contributed by atoms with Crippen LogP contribution in [-0.2, 0) is 11.2 Å². The van der Waals surface area contributed by atoms with E-state index < -0.39 is 0 Å². The number of nitrogens with zero attached hydrogens (tertiary/aromatic N) is 1. The maximum absolute atomic E-state index is 12.8. The lowest BCUT2D eigenvalue weighted by Gasteiger charge is -2.32. The summed E-state index contributed by atoms with van der Waals surface area (Å²) in [4.78, 5) is 26.9. The number of likely N-dealkylation sites (tertiary alicyclic amines) is 1. The summed E-state index contributed by atoms with van der Waals surface area (Å²) >= 11 is 0. The van der Waals surface area contributed by atoms with Crippen LogP contribution in [0.25, 0.3) is 0 Å². The van der Waals surface area contributed by atoms with E-state index in [-0.39, 0.29) is 23.9 Å². The molecular formula is C24H33N3O6. The fourth-order valence-electron chi connectivity index (χ4n) is 4.07. The number of ether oxygens (including phenoxy) is 3. The Morgan fingerprint density at radius 3 is 2.33 bits per heavy atom. The summed E-state index contributed by atoms with van der Waals surface area (Å²) in [6, 6.07) is 6.95. The number of rotatable bonds is 9. The molecule has 1 unspecified atom stereocenters. The zero-order chi connectivity index (χ0) is 23.8. The van der Waals surface area contributed by atoms with Crippen molar-refractivity contribution >= 4 is 17.6 Å². The second-order valence-corrected chi connectivity index (χ2v) is 8.23. The summed E-state index contributed by atoms with van der Waals surface area (Å²) in [6.45, 7) is 3.16. The number of furan rings is 1. The van der Waals surface area contributed by atoms with Crippen LogP contribution in [0, 0.1) is 5.92 Å². The SMILES string of the molecule is COc1cc(NC(=O)N2CCC(CC(=O)NC(C)Cc3ccco3)CC2)cc(OC)c1OC. The molecule has 1 atom stereocenters. The number of anilines is 1. The zero-order valence-electron chi connectivity index (χ0n) is 19.7. The van der Waals surface area contributed by atoms with Crippen molar-refractivity contribution in [2.24, 2.45) is 5.92 Å². The van der Waals surface area contributed by atoms with Crippen LogP contribution in [0.1, 0.15) is 31.9 Å². The van der Waals surface area contributed by atoms with E-state index in [1.54, 1.807) is 23.3 Å². The summed E-state index contributed by atoms with van der Waals surface area (Å²) in [5, 5.41) is 5.94. The highest BCUT2D eigenvalue weighted by Crippen LogP contribution is 2.40. The van der Waals surface area contributed by atoms with Gasteiger partial charge in [-0.15, -0.1) is 0 Å². The van der Waals surface area contributed by atoms with E-state index in [1.807, 2.05) is 19.1 Å². The lowest BCUT2D eigenvalue weighted by atomic mass is 9.93. The van der Waals surface area contributed by atoms with Gasteiger partial charge in [-0.3, -0.25) is 4.79 Å². The van der Waals surface area contributed by atoms with E-state index in [2.05, 4.69) is 10.6 Å². The molecule has 0 aliphatic carbocycles. The predicted octanol–water partition coefficient (Wildman–Crippen LogP) is 3.69. The van der Waals surface area contributed by atoms with Crippen LogP contribution < -0.4 is 24.8 Å². The van der Waals surface area contributed by atoms with Crippen LogP contribution in [0.3, 0.4) is 0 Å². The van der Waals surface area contributed by atoms with Gasteiger partial charge in [0.05, 0.1) is 33.3 Å². The maximum Gasteiger partial charge on any atom is 0.321 e. The van der Waals surface area contributed by atoms with Crippen molar-refractivity contribution in [2.75, 3.05) is 39.7 Å². The molecule has 0 saturated carbocycles. The van der Waals surface area contributed by atoms with Gasteiger partial charge in [-0.25, -0.2) is 4.79 Å². The Kier molecular flexibility index (Phi) is 8.46. The third-order valence-electron chi connectivity index (χ3n) is 5.79. The number of amides is 3. The molecule has 9 heteroatoms. The Hall–Kier alpha value is -3.36. The molecule has 3 amide bonds. The molecule has 3 rings (SSSR count). The molecule has 2 heterocycles. The highest BCUT2D eigenvalue weighted by atomic mass is 16.5. The van der Waals surface area contributed by atoms with Gasteiger partial charge < -0.3 is 34.2 Å². The Bertz CT molecular complexity index is 897. The van der Waals surface area contributed by atoms with E-state index in [1.165, 1.54) is 21.3 Å². The van der Waals surface area contributed by atoms with Gasteiger partial charge in [0, 0.05) is 44.1 Å². The number of carbonyl (C=O) groups excluding carboxylic acids is 2. The Morgan fingerprint density at radius 1 is 1.12 bits per heavy atom. The minimum atomic E-state index is -0.195. The minimum Gasteiger partial charge on any atom is -0.493 e. The van der Waals surface area contributed by atoms with Crippen LogP contribution in [0.15, 0.2) is 34.9 Å². The van der Waals surface area contributed by atoms with Gasteiger partial charge in [0.15, 0.2) is 11.5 Å². The van der Waals surface area contributed by atoms with Crippen LogP contribution in [-0.4, -0.2) is 57.3 Å². The van der Waals surface area contributed by atoms with Gasteiger partial charge in [0.25, 0.3) is 0 Å². The number of hydrogen-bond acceptors (Lipinski definition) is 6. The summed E-state index contributed by atoms with van der Waals surface area (Å²) in [7, 11) is 4.59. The van der Waals surface area contributed by atoms with Gasteiger partial charge in [-0.2, -0.15) is 0 Å². The first-order valence-electron chi connectivity index (χ1n) is 11.1. The number of benzene rings is 1. The largest absolute Gasteiger partial charge is 0.493 e. The standard InChI is InChI=1S/C24H33N3O6/c1-16(12-19-6-5-11-33-19)25-22(28)13-17-7-9-27(10-8-17)24(29)26-18-14-20(30-2)23(32-4)21(15-18)31-3/h5-6,11,14-17H,7-10,12-13H2,1-4H3,(H,25,28)(H,26,29). The molecule has 1 fully saturated rings. The average Bonchev–Trinajstić information content (AvgIpc) is 3.31. The highest BCUT2D eigenvalue weighted by molar-refractivity contribution is 5.90. The molecule has 2 N–H and O–H groups in total. The summed E-state index contributed by atoms with van der Waals surface area (Å²) in [6.07, 6.45) is 4.32. The number of methoxy groups -OCH3 is 3. The van der Waals surface area contributed by atoms with Crippen molar-refractivity contribution in [1.29, 1.82) is 0 Å². The molecular weight excluding hydrogens is 426 g/mol. The second-order valence-electron chi connectivity index (χ2n) is 8.23. The number of piperidine rings is 1. The third kappa shape index (κ3) is 6.57. The van der Waals surface area contributed by atoms with Crippen molar-refractivity contribution in [3.05, 3.63) is 36.3 Å². The fraction of sp³-hybridized carbons (Fsp3) is 0.500. The minimum absolute atomic E-state index is 0.00740. The van der Waals surface area contributed by atoms with Crippen LogP contribution in [0.4, 0.5) is 10.5 Å². The smallest absolute Gasteiger partial charge is 0.321 e. The predicted molar refractivity (Wildman–Crippen MR) is 124 cm³/mol. The van der Waals surface area contributed by atoms with Crippen molar-refractivity contribution in [1.82, 2.24) is 10.2 Å². The lowest BCUT2D eigenvalue weighted by Crippen LogP contribution is -2.42. The molecule has 0 radical (unpaired) electrons. The third-order valence-corrected chi connectivity index (χ3v) is 5.79. The summed E-state index contributed by atoms with van der Waals surface area (Å²) in [5.74, 6) is 2.56. The quantitative estimate of drug-likeness (QED) is 0.593. The summed E-state index contributed by atoms with van der Waals surface area (Å²) < 4.78 is 21.3. The number of urea groups is 1. The fourth-order valence-corrected chi connectivity index (χ4v) is 4.07. The number of hydrogen-bond donors (Lipinski definition) is 2. The van der Waals surface area contributed by atoms with Crippen molar-refractivity contribution in [3.63, 3.8) is 0 Å². The first-order valence-corrected chi connectivity index (χ1v) is 11.1. The Morgan fingerprint density at radius 2 is 1.79 bits per heavy atom. The molecule has 1 aromatic heterocycles. The number of carbonyl (C=O) groups is 2. The molecule has 180 valence electrons. The molecule has 0 bridgehead atoms. The number of nitrogens with one attached hydrogen (secondary N) is 2.